The first kappa shape index (κ1) is 24.3. The van der Waals surface area contributed by atoms with E-state index >= 15 is 0 Å². The highest BCUT2D eigenvalue weighted by Gasteiger charge is 2.50. The number of hydrogen-bond acceptors (Lipinski definition) is 5. The van der Waals surface area contributed by atoms with Gasteiger partial charge in [-0.05, 0) is 43.9 Å². The zero-order valence-electron chi connectivity index (χ0n) is 19.4. The molecule has 1 amide bonds. The van der Waals surface area contributed by atoms with E-state index in [1.54, 1.807) is 13.8 Å². The number of benzene rings is 1. The standard InChI is InChI=1S/C24H33F2N3O3/c1-6-7-8-19-20-21(28-27-19)16(23(31)32-14(2)3)12-29(13-24(20,4)5)22(30)15-9-10-17(25)18(26)11-15/h9-12,14,19-21,27-28H,6-8,13H2,1-5H3. The van der Waals surface area contributed by atoms with Gasteiger partial charge in [0.15, 0.2) is 11.6 Å². The fraction of sp³-hybridized carbons (Fsp3) is 0.583. The van der Waals surface area contributed by atoms with Crippen LogP contribution in [0.25, 0.3) is 0 Å². The molecule has 3 rings (SSSR count). The van der Waals surface area contributed by atoms with Gasteiger partial charge in [0.2, 0.25) is 0 Å². The van der Waals surface area contributed by atoms with E-state index in [-0.39, 0.29) is 35.1 Å². The molecule has 2 heterocycles. The fourth-order valence-electron chi connectivity index (χ4n) is 4.78. The second-order valence-corrected chi connectivity index (χ2v) is 9.63. The van der Waals surface area contributed by atoms with Crippen molar-refractivity contribution >= 4 is 11.9 Å². The maximum Gasteiger partial charge on any atom is 0.337 e. The van der Waals surface area contributed by atoms with Crippen LogP contribution in [0.4, 0.5) is 8.78 Å². The predicted octanol–water partition coefficient (Wildman–Crippen LogP) is 3.93. The van der Waals surface area contributed by atoms with E-state index < -0.39 is 23.5 Å². The minimum Gasteiger partial charge on any atom is -0.460 e. The number of rotatable bonds is 6. The smallest absolute Gasteiger partial charge is 0.337 e. The molecule has 2 aliphatic heterocycles. The first-order valence-electron chi connectivity index (χ1n) is 11.2. The van der Waals surface area contributed by atoms with Gasteiger partial charge in [-0.3, -0.25) is 10.2 Å². The third-order valence-corrected chi connectivity index (χ3v) is 6.20. The summed E-state index contributed by atoms with van der Waals surface area (Å²) in [5, 5.41) is 0. The lowest BCUT2D eigenvalue weighted by molar-refractivity contribution is -0.143. The number of hydrogen-bond donors (Lipinski definition) is 2. The van der Waals surface area contributed by atoms with Gasteiger partial charge in [-0.2, -0.15) is 0 Å². The molecule has 0 radical (unpaired) electrons. The van der Waals surface area contributed by atoms with E-state index in [9.17, 15) is 18.4 Å². The number of ether oxygens (including phenoxy) is 1. The minimum atomic E-state index is -1.09. The average molecular weight is 450 g/mol. The molecule has 0 aromatic heterocycles. The van der Waals surface area contributed by atoms with Crippen molar-refractivity contribution in [2.75, 3.05) is 6.54 Å². The lowest BCUT2D eigenvalue weighted by Gasteiger charge is -2.38. The molecule has 3 unspecified atom stereocenters. The van der Waals surface area contributed by atoms with Crippen molar-refractivity contribution in [1.29, 1.82) is 0 Å². The van der Waals surface area contributed by atoms with Crippen molar-refractivity contribution in [2.24, 2.45) is 11.3 Å². The summed E-state index contributed by atoms with van der Waals surface area (Å²) >= 11 is 0. The van der Waals surface area contributed by atoms with Crippen molar-refractivity contribution in [2.45, 2.75) is 72.1 Å². The van der Waals surface area contributed by atoms with Crippen molar-refractivity contribution < 1.29 is 23.1 Å². The number of amides is 1. The maximum absolute atomic E-state index is 13.8. The molecule has 8 heteroatoms. The van der Waals surface area contributed by atoms with Gasteiger partial charge in [-0.25, -0.2) is 19.0 Å². The summed E-state index contributed by atoms with van der Waals surface area (Å²) in [6, 6.07) is 2.84. The molecule has 6 nitrogen and oxygen atoms in total. The van der Waals surface area contributed by atoms with Crippen LogP contribution in [0.3, 0.4) is 0 Å². The number of nitrogens with zero attached hydrogens (tertiary/aromatic N) is 1. The van der Waals surface area contributed by atoms with Crippen LogP contribution in [0, 0.1) is 23.0 Å². The van der Waals surface area contributed by atoms with Gasteiger partial charge in [-0.1, -0.05) is 33.6 Å². The number of carbonyl (C=O) groups is 2. The Morgan fingerprint density at radius 1 is 1.22 bits per heavy atom. The van der Waals surface area contributed by atoms with Crippen LogP contribution in [0.15, 0.2) is 30.0 Å². The number of esters is 1. The van der Waals surface area contributed by atoms with Crippen molar-refractivity contribution in [3.8, 4) is 0 Å². The monoisotopic (exact) mass is 449 g/mol. The topological polar surface area (TPSA) is 70.7 Å². The first-order chi connectivity index (χ1) is 15.0. The fourth-order valence-corrected chi connectivity index (χ4v) is 4.78. The summed E-state index contributed by atoms with van der Waals surface area (Å²) in [5.74, 6) is -3.08. The van der Waals surface area contributed by atoms with Crippen LogP contribution in [-0.2, 0) is 9.53 Å². The van der Waals surface area contributed by atoms with Gasteiger partial charge < -0.3 is 9.64 Å². The van der Waals surface area contributed by atoms with Crippen LogP contribution >= 0.6 is 0 Å². The molecular formula is C24H33F2N3O3. The molecule has 0 aliphatic carbocycles. The Morgan fingerprint density at radius 3 is 2.56 bits per heavy atom. The van der Waals surface area contributed by atoms with Gasteiger partial charge in [-0.15, -0.1) is 0 Å². The molecule has 3 atom stereocenters. The molecule has 32 heavy (non-hydrogen) atoms. The summed E-state index contributed by atoms with van der Waals surface area (Å²) < 4.78 is 32.7. The molecule has 1 saturated heterocycles. The Bertz CT molecular complexity index is 900. The Labute approximate surface area is 188 Å². The lowest BCUT2D eigenvalue weighted by atomic mass is 9.70. The zero-order chi connectivity index (χ0) is 23.6. The molecule has 1 aromatic rings. The van der Waals surface area contributed by atoms with Crippen LogP contribution < -0.4 is 10.9 Å². The molecule has 2 N–H and O–H groups in total. The normalized spacial score (nSPS) is 24.7. The molecular weight excluding hydrogens is 416 g/mol. The largest absolute Gasteiger partial charge is 0.460 e. The van der Waals surface area contributed by atoms with Crippen molar-refractivity contribution in [3.63, 3.8) is 0 Å². The molecule has 1 fully saturated rings. The van der Waals surface area contributed by atoms with Crippen molar-refractivity contribution in [1.82, 2.24) is 15.8 Å². The SMILES string of the molecule is CCCCC1NNC2C(C(=O)OC(C)C)=CN(C(=O)c3ccc(F)c(F)c3)CC(C)(C)C12. The average Bonchev–Trinajstić information content (AvgIpc) is 3.10. The Morgan fingerprint density at radius 2 is 1.94 bits per heavy atom. The van der Waals surface area contributed by atoms with Crippen LogP contribution in [0.5, 0.6) is 0 Å². The van der Waals surface area contributed by atoms with E-state index in [0.717, 1.165) is 31.4 Å². The number of hydrazine groups is 1. The first-order valence-corrected chi connectivity index (χ1v) is 11.2. The van der Waals surface area contributed by atoms with E-state index in [1.165, 1.54) is 17.2 Å². The van der Waals surface area contributed by atoms with E-state index in [0.29, 0.717) is 12.1 Å². The van der Waals surface area contributed by atoms with Gasteiger partial charge in [0.25, 0.3) is 5.91 Å². The highest BCUT2D eigenvalue weighted by atomic mass is 19.2. The van der Waals surface area contributed by atoms with E-state index in [2.05, 4.69) is 31.6 Å². The number of fused-ring (bicyclic) bond motifs is 1. The number of carbonyl (C=O) groups excluding carboxylic acids is 2. The number of unbranched alkanes of at least 4 members (excludes halogenated alkanes) is 1. The minimum absolute atomic E-state index is 0.0165. The molecule has 176 valence electrons. The molecule has 0 spiro atoms. The van der Waals surface area contributed by atoms with Crippen molar-refractivity contribution in [3.05, 3.63) is 47.2 Å². The summed E-state index contributed by atoms with van der Waals surface area (Å²) in [5.41, 5.74) is 6.60. The van der Waals surface area contributed by atoms with E-state index in [4.69, 9.17) is 4.74 Å². The molecule has 0 saturated carbocycles. The van der Waals surface area contributed by atoms with Crippen LogP contribution in [0.1, 0.15) is 64.2 Å². The van der Waals surface area contributed by atoms with Gasteiger partial charge >= 0.3 is 5.97 Å². The number of nitrogens with one attached hydrogen (secondary N) is 2. The summed E-state index contributed by atoms with van der Waals surface area (Å²) in [4.78, 5) is 27.7. The Balaban J connectivity index is 2.02. The summed E-state index contributed by atoms with van der Waals surface area (Å²) in [6.07, 6.45) is 4.20. The zero-order valence-corrected chi connectivity index (χ0v) is 19.4. The van der Waals surface area contributed by atoms with Crippen LogP contribution in [-0.4, -0.2) is 41.5 Å². The second-order valence-electron chi connectivity index (χ2n) is 9.63. The highest BCUT2D eigenvalue weighted by molar-refractivity contribution is 5.97. The molecule has 0 bridgehead atoms. The van der Waals surface area contributed by atoms with Gasteiger partial charge in [0, 0.05) is 30.3 Å². The molecule has 2 aliphatic rings. The molecule has 1 aromatic carbocycles. The van der Waals surface area contributed by atoms with Gasteiger partial charge in [0.05, 0.1) is 17.7 Å². The maximum atomic E-state index is 13.8. The number of halogens is 2. The highest BCUT2D eigenvalue weighted by Crippen LogP contribution is 2.42. The van der Waals surface area contributed by atoms with Crippen LogP contribution in [0.2, 0.25) is 0 Å². The Hall–Kier alpha value is -2.32. The Kier molecular flexibility index (Phi) is 7.35. The second kappa shape index (κ2) is 9.67. The summed E-state index contributed by atoms with van der Waals surface area (Å²) in [7, 11) is 0. The predicted molar refractivity (Wildman–Crippen MR) is 117 cm³/mol. The third kappa shape index (κ3) is 5.02. The third-order valence-electron chi connectivity index (χ3n) is 6.20. The lowest BCUT2D eigenvalue weighted by Crippen LogP contribution is -2.45. The quantitative estimate of drug-likeness (QED) is 0.644. The van der Waals surface area contributed by atoms with Gasteiger partial charge in [0.1, 0.15) is 0 Å². The van der Waals surface area contributed by atoms with E-state index in [1.807, 2.05) is 0 Å². The summed E-state index contributed by atoms with van der Waals surface area (Å²) in [6.45, 7) is 10.1.